The minimum atomic E-state index is -0.604. The normalized spacial score (nSPS) is 18.6. The number of esters is 1. The number of hydrogen-bond donors (Lipinski definition) is 1. The lowest BCUT2D eigenvalue weighted by molar-refractivity contribution is -0.141. The van der Waals surface area contributed by atoms with Crippen LogP contribution in [0.5, 0.6) is 0 Å². The number of carbonyl (C=O) groups is 3. The Labute approximate surface area is 118 Å². The van der Waals surface area contributed by atoms with Crippen LogP contribution in [0.1, 0.15) is 33.6 Å². The van der Waals surface area contributed by atoms with E-state index in [4.69, 9.17) is 4.74 Å². The second-order valence-corrected chi connectivity index (χ2v) is 5.63. The average molecular weight is 286 g/mol. The van der Waals surface area contributed by atoms with Crippen LogP contribution >= 0.6 is 0 Å². The van der Waals surface area contributed by atoms with Gasteiger partial charge in [-0.05, 0) is 33.6 Å². The van der Waals surface area contributed by atoms with Crippen LogP contribution in [0.25, 0.3) is 0 Å². The second kappa shape index (κ2) is 6.58. The van der Waals surface area contributed by atoms with Crippen molar-refractivity contribution in [2.45, 2.75) is 45.3 Å². The number of likely N-dealkylation sites (tertiary alicyclic amines) is 1. The highest BCUT2D eigenvalue weighted by molar-refractivity contribution is 5.88. The molecule has 0 aromatic carbocycles. The summed E-state index contributed by atoms with van der Waals surface area (Å²) in [4.78, 5) is 36.4. The molecule has 0 bridgehead atoms. The molecule has 1 rings (SSSR count). The highest BCUT2D eigenvalue weighted by Gasteiger charge is 2.36. The molecule has 1 unspecified atom stereocenters. The molecule has 1 N–H and O–H groups in total. The summed E-state index contributed by atoms with van der Waals surface area (Å²) in [5.74, 6) is -0.890. The van der Waals surface area contributed by atoms with E-state index < -0.39 is 23.7 Å². The molecule has 0 aromatic rings. The molecule has 0 aromatic heterocycles. The number of hydrogen-bond acceptors (Lipinski definition) is 5. The molecular formula is C13H22N2O5. The van der Waals surface area contributed by atoms with Gasteiger partial charge in [-0.15, -0.1) is 0 Å². The predicted octanol–water partition coefficient (Wildman–Crippen LogP) is 0.675. The molecular weight excluding hydrogens is 264 g/mol. The van der Waals surface area contributed by atoms with E-state index in [1.54, 1.807) is 20.8 Å². The Hall–Kier alpha value is -1.79. The van der Waals surface area contributed by atoms with Crippen molar-refractivity contribution in [3.63, 3.8) is 0 Å². The summed E-state index contributed by atoms with van der Waals surface area (Å²) in [6, 6.07) is -0.588. The number of carbonyl (C=O) groups excluding carboxylic acids is 3. The van der Waals surface area contributed by atoms with E-state index in [1.807, 2.05) is 0 Å². The summed E-state index contributed by atoms with van der Waals surface area (Å²) in [6.45, 7) is 5.59. The molecule has 7 nitrogen and oxygen atoms in total. The van der Waals surface area contributed by atoms with Crippen LogP contribution < -0.4 is 5.32 Å². The van der Waals surface area contributed by atoms with Gasteiger partial charge in [-0.3, -0.25) is 14.5 Å². The molecule has 114 valence electrons. The van der Waals surface area contributed by atoms with Crippen molar-refractivity contribution in [2.24, 2.45) is 0 Å². The lowest BCUT2D eigenvalue weighted by atomic mass is 10.2. The van der Waals surface area contributed by atoms with Gasteiger partial charge in [-0.1, -0.05) is 0 Å². The van der Waals surface area contributed by atoms with Gasteiger partial charge in [0.1, 0.15) is 18.2 Å². The molecule has 1 heterocycles. The minimum absolute atomic E-state index is 0.200. The molecule has 20 heavy (non-hydrogen) atoms. The van der Waals surface area contributed by atoms with Crippen LogP contribution in [0.4, 0.5) is 4.79 Å². The van der Waals surface area contributed by atoms with Gasteiger partial charge >= 0.3 is 12.1 Å². The summed E-state index contributed by atoms with van der Waals surface area (Å²) in [7, 11) is 1.25. The van der Waals surface area contributed by atoms with Crippen molar-refractivity contribution >= 4 is 18.0 Å². The highest BCUT2D eigenvalue weighted by atomic mass is 16.6. The van der Waals surface area contributed by atoms with Crippen LogP contribution in [0.3, 0.4) is 0 Å². The third-order valence-electron chi connectivity index (χ3n) is 2.82. The maximum Gasteiger partial charge on any atom is 0.410 e. The standard InChI is InChI=1S/C13H22N2O5/c1-13(2,3)20-12(18)15-7-5-6-9(15)11(17)14-8-10(16)19-4/h9H,5-8H2,1-4H3,(H,14,17). The quantitative estimate of drug-likeness (QED) is 0.771. The third-order valence-corrected chi connectivity index (χ3v) is 2.82. The molecule has 1 aliphatic heterocycles. The van der Waals surface area contributed by atoms with Gasteiger partial charge in [-0.2, -0.15) is 0 Å². The zero-order valence-corrected chi connectivity index (χ0v) is 12.4. The number of rotatable bonds is 3. The van der Waals surface area contributed by atoms with Crippen LogP contribution in [-0.4, -0.2) is 54.7 Å². The Morgan fingerprint density at radius 1 is 1.30 bits per heavy atom. The number of ether oxygens (including phenoxy) is 2. The van der Waals surface area contributed by atoms with Crippen molar-refractivity contribution in [3.8, 4) is 0 Å². The lowest BCUT2D eigenvalue weighted by Crippen LogP contribution is -2.48. The Morgan fingerprint density at radius 2 is 1.95 bits per heavy atom. The number of methoxy groups -OCH3 is 1. The first-order valence-corrected chi connectivity index (χ1v) is 6.59. The van der Waals surface area contributed by atoms with E-state index in [-0.39, 0.29) is 12.5 Å². The molecule has 1 aliphatic rings. The molecule has 1 atom stereocenters. The largest absolute Gasteiger partial charge is 0.468 e. The fourth-order valence-electron chi connectivity index (χ4n) is 1.93. The van der Waals surface area contributed by atoms with Crippen LogP contribution in [0.2, 0.25) is 0 Å². The van der Waals surface area contributed by atoms with Gasteiger partial charge in [0.2, 0.25) is 5.91 Å². The van der Waals surface area contributed by atoms with Gasteiger partial charge < -0.3 is 14.8 Å². The summed E-state index contributed by atoms with van der Waals surface area (Å²) in [5, 5.41) is 2.46. The SMILES string of the molecule is COC(=O)CNC(=O)C1CCCN1C(=O)OC(C)(C)C. The first-order valence-electron chi connectivity index (χ1n) is 6.59. The van der Waals surface area contributed by atoms with Gasteiger partial charge in [0.15, 0.2) is 0 Å². The summed E-state index contributed by atoms with van der Waals surface area (Å²) in [6.07, 6.45) is 0.787. The van der Waals surface area contributed by atoms with Crippen molar-refractivity contribution in [1.29, 1.82) is 0 Å². The summed E-state index contributed by atoms with van der Waals surface area (Å²) >= 11 is 0. The topological polar surface area (TPSA) is 84.9 Å². The monoisotopic (exact) mass is 286 g/mol. The first-order chi connectivity index (χ1) is 9.24. The Bertz CT molecular complexity index is 389. The molecule has 0 radical (unpaired) electrons. The molecule has 1 saturated heterocycles. The second-order valence-electron chi connectivity index (χ2n) is 5.63. The molecule has 0 saturated carbocycles. The maximum absolute atomic E-state index is 12.0. The fraction of sp³-hybridized carbons (Fsp3) is 0.769. The van der Waals surface area contributed by atoms with E-state index in [0.29, 0.717) is 13.0 Å². The van der Waals surface area contributed by atoms with Gasteiger partial charge in [-0.25, -0.2) is 4.79 Å². The van der Waals surface area contributed by atoms with Gasteiger partial charge in [0.05, 0.1) is 7.11 Å². The Balaban J connectivity index is 2.58. The zero-order valence-electron chi connectivity index (χ0n) is 12.4. The molecule has 0 aliphatic carbocycles. The van der Waals surface area contributed by atoms with Crippen molar-refractivity contribution < 1.29 is 23.9 Å². The first kappa shape index (κ1) is 16.3. The van der Waals surface area contributed by atoms with Crippen molar-refractivity contribution in [3.05, 3.63) is 0 Å². The minimum Gasteiger partial charge on any atom is -0.468 e. The average Bonchev–Trinajstić information content (AvgIpc) is 2.82. The van der Waals surface area contributed by atoms with E-state index in [0.717, 1.165) is 6.42 Å². The number of nitrogens with one attached hydrogen (secondary N) is 1. The third kappa shape index (κ3) is 4.71. The highest BCUT2D eigenvalue weighted by Crippen LogP contribution is 2.20. The molecule has 0 spiro atoms. The molecule has 7 heteroatoms. The van der Waals surface area contributed by atoms with Crippen LogP contribution in [0.15, 0.2) is 0 Å². The van der Waals surface area contributed by atoms with E-state index >= 15 is 0 Å². The number of amides is 2. The summed E-state index contributed by atoms with van der Waals surface area (Å²) < 4.78 is 9.71. The van der Waals surface area contributed by atoms with Crippen molar-refractivity contribution in [2.75, 3.05) is 20.2 Å². The smallest absolute Gasteiger partial charge is 0.410 e. The Morgan fingerprint density at radius 3 is 2.50 bits per heavy atom. The fourth-order valence-corrected chi connectivity index (χ4v) is 1.93. The lowest BCUT2D eigenvalue weighted by Gasteiger charge is -2.27. The van der Waals surface area contributed by atoms with Crippen LogP contribution in [0, 0.1) is 0 Å². The molecule has 2 amide bonds. The summed E-state index contributed by atoms with van der Waals surface area (Å²) in [5.41, 5.74) is -0.604. The van der Waals surface area contributed by atoms with Gasteiger partial charge in [0, 0.05) is 6.54 Å². The Kier molecular flexibility index (Phi) is 5.35. The van der Waals surface area contributed by atoms with Crippen molar-refractivity contribution in [1.82, 2.24) is 10.2 Å². The molecule has 1 fully saturated rings. The van der Waals surface area contributed by atoms with E-state index in [2.05, 4.69) is 10.1 Å². The predicted molar refractivity (Wildman–Crippen MR) is 71.0 cm³/mol. The zero-order chi connectivity index (χ0) is 15.3. The van der Waals surface area contributed by atoms with Crippen LogP contribution in [-0.2, 0) is 19.1 Å². The maximum atomic E-state index is 12.0. The number of nitrogens with zero attached hydrogens (tertiary/aromatic N) is 1. The van der Waals surface area contributed by atoms with E-state index in [9.17, 15) is 14.4 Å². The van der Waals surface area contributed by atoms with E-state index in [1.165, 1.54) is 12.0 Å². The van der Waals surface area contributed by atoms with Gasteiger partial charge in [0.25, 0.3) is 0 Å².